The number of rotatable bonds is 4. The Bertz CT molecular complexity index is 794. The van der Waals surface area contributed by atoms with Gasteiger partial charge in [-0.3, -0.25) is 0 Å². The molecule has 1 aromatic carbocycles. The molecule has 0 amide bonds. The van der Waals surface area contributed by atoms with Crippen molar-refractivity contribution >= 4 is 33.1 Å². The number of thiazole rings is 1. The minimum absolute atomic E-state index is 0.177. The number of aromatic nitrogens is 2. The quantitative estimate of drug-likeness (QED) is 0.763. The number of fused-ring (bicyclic) bond motifs is 1. The lowest BCUT2D eigenvalue weighted by Gasteiger charge is -2.31. The average molecular weight is 340 g/mol. The number of piperidine rings is 1. The summed E-state index contributed by atoms with van der Waals surface area (Å²) >= 11 is 1.72. The molecule has 4 rings (SSSR count). The molecule has 3 heterocycles. The molecule has 0 saturated carbocycles. The van der Waals surface area contributed by atoms with Gasteiger partial charge in [-0.2, -0.15) is 0 Å². The Kier molecular flexibility index (Phi) is 4.32. The van der Waals surface area contributed by atoms with Crippen molar-refractivity contribution in [1.29, 1.82) is 0 Å². The Hall–Kier alpha value is -2.18. The third kappa shape index (κ3) is 3.20. The second-order valence-electron chi connectivity index (χ2n) is 6.02. The van der Waals surface area contributed by atoms with Crippen LogP contribution in [0, 0.1) is 0 Å². The summed E-state index contributed by atoms with van der Waals surface area (Å²) in [6.45, 7) is 2.37. The molecule has 2 N–H and O–H groups in total. The first-order chi connectivity index (χ1) is 11.8. The van der Waals surface area contributed by atoms with E-state index < -0.39 is 0 Å². The maximum atomic E-state index is 9.69. The molecule has 0 radical (unpaired) electrons. The lowest BCUT2D eigenvalue weighted by molar-refractivity contribution is 0.145. The van der Waals surface area contributed by atoms with Crippen LogP contribution in [0.1, 0.15) is 17.8 Å². The summed E-state index contributed by atoms with van der Waals surface area (Å²) in [4.78, 5) is 11.5. The number of nitrogens with zero attached hydrogens (tertiary/aromatic N) is 3. The van der Waals surface area contributed by atoms with Gasteiger partial charge >= 0.3 is 0 Å². The number of aliphatic hydroxyl groups is 1. The van der Waals surface area contributed by atoms with Gasteiger partial charge in [0.1, 0.15) is 5.01 Å². The standard InChI is InChI=1S/C18H20N4OS/c23-13-7-10-22(11-8-13)18-15(5-3-9-19-18)20-12-17-21-14-4-1-2-6-16(14)24-17/h1-6,9,13,20,23H,7-8,10-12H2. The largest absolute Gasteiger partial charge is 0.393 e. The number of aliphatic hydroxyl groups excluding tert-OH is 1. The van der Waals surface area contributed by atoms with Gasteiger partial charge in [0.2, 0.25) is 0 Å². The summed E-state index contributed by atoms with van der Waals surface area (Å²) in [5.41, 5.74) is 2.07. The molecule has 0 aliphatic carbocycles. The first-order valence-electron chi connectivity index (χ1n) is 8.26. The Morgan fingerprint density at radius 3 is 2.83 bits per heavy atom. The highest BCUT2D eigenvalue weighted by molar-refractivity contribution is 7.18. The summed E-state index contributed by atoms with van der Waals surface area (Å²) in [6, 6.07) is 12.2. The highest BCUT2D eigenvalue weighted by Gasteiger charge is 2.20. The van der Waals surface area contributed by atoms with Crippen LogP contribution in [0.2, 0.25) is 0 Å². The third-order valence-electron chi connectivity index (χ3n) is 4.32. The first kappa shape index (κ1) is 15.4. The van der Waals surface area contributed by atoms with Gasteiger partial charge in [-0.15, -0.1) is 11.3 Å². The van der Waals surface area contributed by atoms with Crippen LogP contribution in [0.5, 0.6) is 0 Å². The molecule has 1 saturated heterocycles. The van der Waals surface area contributed by atoms with Gasteiger partial charge in [0.25, 0.3) is 0 Å². The van der Waals surface area contributed by atoms with E-state index in [1.54, 1.807) is 11.3 Å². The molecule has 0 spiro atoms. The number of nitrogens with one attached hydrogen (secondary N) is 1. The van der Waals surface area contributed by atoms with E-state index in [1.165, 1.54) is 4.70 Å². The molecule has 1 fully saturated rings. The van der Waals surface area contributed by atoms with E-state index in [4.69, 9.17) is 0 Å². The normalized spacial score (nSPS) is 15.8. The van der Waals surface area contributed by atoms with Crippen molar-refractivity contribution in [2.24, 2.45) is 0 Å². The molecule has 1 aliphatic heterocycles. The maximum Gasteiger partial charge on any atom is 0.151 e. The highest BCUT2D eigenvalue weighted by Crippen LogP contribution is 2.27. The monoisotopic (exact) mass is 340 g/mol. The van der Waals surface area contributed by atoms with Gasteiger partial charge in [-0.25, -0.2) is 9.97 Å². The third-order valence-corrected chi connectivity index (χ3v) is 5.36. The SMILES string of the molecule is OC1CCN(c2ncccc2NCc2nc3ccccc3s2)CC1. The van der Waals surface area contributed by atoms with Crippen LogP contribution in [0.15, 0.2) is 42.6 Å². The van der Waals surface area contributed by atoms with Crippen LogP contribution >= 0.6 is 11.3 Å². The van der Waals surface area contributed by atoms with Crippen LogP contribution in [-0.4, -0.2) is 34.3 Å². The van der Waals surface area contributed by atoms with Crippen molar-refractivity contribution in [2.75, 3.05) is 23.3 Å². The van der Waals surface area contributed by atoms with Gasteiger partial charge in [0, 0.05) is 19.3 Å². The Morgan fingerprint density at radius 1 is 1.17 bits per heavy atom. The molecule has 0 unspecified atom stereocenters. The number of pyridine rings is 1. The van der Waals surface area contributed by atoms with Gasteiger partial charge in [-0.05, 0) is 37.1 Å². The second kappa shape index (κ2) is 6.75. The van der Waals surface area contributed by atoms with E-state index in [-0.39, 0.29) is 6.10 Å². The van der Waals surface area contributed by atoms with E-state index in [0.717, 1.165) is 48.0 Å². The molecule has 3 aromatic rings. The van der Waals surface area contributed by atoms with E-state index >= 15 is 0 Å². The smallest absolute Gasteiger partial charge is 0.151 e. The van der Waals surface area contributed by atoms with E-state index in [1.807, 2.05) is 30.5 Å². The van der Waals surface area contributed by atoms with Gasteiger partial charge in [0.15, 0.2) is 5.82 Å². The lowest BCUT2D eigenvalue weighted by atomic mass is 10.1. The predicted octanol–water partition coefficient (Wildman–Crippen LogP) is 3.26. The van der Waals surface area contributed by atoms with Crippen molar-refractivity contribution in [2.45, 2.75) is 25.5 Å². The maximum absolute atomic E-state index is 9.69. The van der Waals surface area contributed by atoms with E-state index in [2.05, 4.69) is 32.3 Å². The van der Waals surface area contributed by atoms with Crippen molar-refractivity contribution < 1.29 is 5.11 Å². The zero-order valence-electron chi connectivity index (χ0n) is 13.4. The molecule has 2 aromatic heterocycles. The van der Waals surface area contributed by atoms with E-state index in [0.29, 0.717) is 6.54 Å². The molecule has 124 valence electrons. The molecule has 5 nitrogen and oxygen atoms in total. The fourth-order valence-electron chi connectivity index (χ4n) is 3.03. The van der Waals surface area contributed by atoms with Crippen molar-refractivity contribution in [3.05, 3.63) is 47.6 Å². The van der Waals surface area contributed by atoms with E-state index in [9.17, 15) is 5.11 Å². The zero-order valence-corrected chi connectivity index (χ0v) is 14.2. The topological polar surface area (TPSA) is 61.3 Å². The summed E-state index contributed by atoms with van der Waals surface area (Å²) < 4.78 is 1.21. The number of benzene rings is 1. The predicted molar refractivity (Wildman–Crippen MR) is 98.6 cm³/mol. The molecular weight excluding hydrogens is 320 g/mol. The second-order valence-corrected chi connectivity index (χ2v) is 7.14. The molecule has 1 aliphatic rings. The Labute approximate surface area is 145 Å². The van der Waals surface area contributed by atoms with Crippen molar-refractivity contribution in [3.8, 4) is 0 Å². The van der Waals surface area contributed by atoms with Crippen LogP contribution in [0.25, 0.3) is 10.2 Å². The van der Waals surface area contributed by atoms with Crippen molar-refractivity contribution in [3.63, 3.8) is 0 Å². The molecule has 6 heteroatoms. The minimum atomic E-state index is -0.177. The molecule has 24 heavy (non-hydrogen) atoms. The van der Waals surface area contributed by atoms with Gasteiger partial charge < -0.3 is 15.3 Å². The molecular formula is C18H20N4OS. The summed E-state index contributed by atoms with van der Waals surface area (Å²) in [5.74, 6) is 0.963. The number of hydrogen-bond donors (Lipinski definition) is 2. The van der Waals surface area contributed by atoms with Gasteiger partial charge in [-0.1, -0.05) is 12.1 Å². The number of anilines is 2. The Morgan fingerprint density at radius 2 is 2.00 bits per heavy atom. The highest BCUT2D eigenvalue weighted by atomic mass is 32.1. The Balaban J connectivity index is 1.50. The lowest BCUT2D eigenvalue weighted by Crippen LogP contribution is -2.36. The average Bonchev–Trinajstić information content (AvgIpc) is 3.04. The van der Waals surface area contributed by atoms with Crippen LogP contribution in [0.3, 0.4) is 0 Å². The molecule has 0 atom stereocenters. The summed E-state index contributed by atoms with van der Waals surface area (Å²) in [7, 11) is 0. The summed E-state index contributed by atoms with van der Waals surface area (Å²) in [5, 5.41) is 14.2. The van der Waals surface area contributed by atoms with Gasteiger partial charge in [0.05, 0.1) is 28.6 Å². The zero-order chi connectivity index (χ0) is 16.4. The van der Waals surface area contributed by atoms with Crippen molar-refractivity contribution in [1.82, 2.24) is 9.97 Å². The first-order valence-corrected chi connectivity index (χ1v) is 9.07. The van der Waals surface area contributed by atoms with Crippen LogP contribution < -0.4 is 10.2 Å². The van der Waals surface area contributed by atoms with Crippen LogP contribution in [0.4, 0.5) is 11.5 Å². The fraction of sp³-hybridized carbons (Fsp3) is 0.333. The minimum Gasteiger partial charge on any atom is -0.393 e. The number of hydrogen-bond acceptors (Lipinski definition) is 6. The fourth-order valence-corrected chi connectivity index (χ4v) is 3.94. The van der Waals surface area contributed by atoms with Crippen LogP contribution in [-0.2, 0) is 6.54 Å². The summed E-state index contributed by atoms with van der Waals surface area (Å²) in [6.07, 6.45) is 3.24. The molecule has 0 bridgehead atoms. The number of para-hydroxylation sites is 1.